The van der Waals surface area contributed by atoms with E-state index in [0.29, 0.717) is 11.6 Å². The lowest BCUT2D eigenvalue weighted by molar-refractivity contribution is 0.0926. The molecule has 1 rings (SSSR count). The fourth-order valence-corrected chi connectivity index (χ4v) is 0.923. The van der Waals surface area contributed by atoms with Gasteiger partial charge in [-0.3, -0.25) is 4.79 Å². The zero-order chi connectivity index (χ0) is 9.84. The molecule has 0 aromatic carbocycles. The highest BCUT2D eigenvalue weighted by atomic mass is 16.1. The van der Waals surface area contributed by atoms with Gasteiger partial charge in [-0.15, -0.1) is 0 Å². The molecule has 1 amide bonds. The molecule has 2 N–H and O–H groups in total. The van der Waals surface area contributed by atoms with Gasteiger partial charge in [-0.05, 0) is 25.0 Å². The van der Waals surface area contributed by atoms with Crippen LogP contribution < -0.4 is 5.32 Å². The number of amides is 1. The Morgan fingerprint density at radius 2 is 2.15 bits per heavy atom. The Kier molecular flexibility index (Phi) is 3.12. The van der Waals surface area contributed by atoms with Crippen molar-refractivity contribution in [3.05, 3.63) is 24.0 Å². The van der Waals surface area contributed by atoms with Gasteiger partial charge < -0.3 is 10.3 Å². The zero-order valence-corrected chi connectivity index (χ0v) is 8.29. The van der Waals surface area contributed by atoms with E-state index in [1.54, 1.807) is 12.3 Å². The van der Waals surface area contributed by atoms with Crippen molar-refractivity contribution in [2.45, 2.75) is 26.8 Å². The number of aromatic nitrogens is 1. The summed E-state index contributed by atoms with van der Waals surface area (Å²) in [5, 5.41) is 2.91. The van der Waals surface area contributed by atoms with Crippen LogP contribution in [-0.2, 0) is 0 Å². The SMILES string of the molecule is CC(C)C(C)NC(=O)c1ccc[nH]1. The number of hydrogen-bond donors (Lipinski definition) is 2. The Labute approximate surface area is 78.5 Å². The molecule has 13 heavy (non-hydrogen) atoms. The van der Waals surface area contributed by atoms with Crippen LogP contribution in [0.2, 0.25) is 0 Å². The van der Waals surface area contributed by atoms with Crippen LogP contribution in [0.25, 0.3) is 0 Å². The van der Waals surface area contributed by atoms with E-state index in [1.807, 2.05) is 13.0 Å². The molecular weight excluding hydrogens is 164 g/mol. The van der Waals surface area contributed by atoms with Crippen molar-refractivity contribution in [3.8, 4) is 0 Å². The highest BCUT2D eigenvalue weighted by Crippen LogP contribution is 2.01. The van der Waals surface area contributed by atoms with E-state index in [-0.39, 0.29) is 11.9 Å². The van der Waals surface area contributed by atoms with Gasteiger partial charge in [-0.1, -0.05) is 13.8 Å². The molecule has 3 heteroatoms. The molecule has 1 heterocycles. The first-order chi connectivity index (χ1) is 6.11. The second-order valence-corrected chi connectivity index (χ2v) is 3.59. The topological polar surface area (TPSA) is 44.9 Å². The summed E-state index contributed by atoms with van der Waals surface area (Å²) < 4.78 is 0. The minimum absolute atomic E-state index is 0.0359. The average Bonchev–Trinajstić information content (AvgIpc) is 2.55. The summed E-state index contributed by atoms with van der Waals surface area (Å²) in [6.07, 6.45) is 1.74. The summed E-state index contributed by atoms with van der Waals surface area (Å²) in [5.74, 6) is 0.421. The van der Waals surface area contributed by atoms with Crippen molar-refractivity contribution in [1.29, 1.82) is 0 Å². The second-order valence-electron chi connectivity index (χ2n) is 3.59. The van der Waals surface area contributed by atoms with E-state index in [1.165, 1.54) is 0 Å². The molecule has 1 atom stereocenters. The van der Waals surface area contributed by atoms with Crippen molar-refractivity contribution in [3.63, 3.8) is 0 Å². The van der Waals surface area contributed by atoms with Crippen LogP contribution in [0.3, 0.4) is 0 Å². The molecule has 3 nitrogen and oxygen atoms in total. The van der Waals surface area contributed by atoms with E-state index in [2.05, 4.69) is 24.1 Å². The maximum absolute atomic E-state index is 11.5. The van der Waals surface area contributed by atoms with Gasteiger partial charge in [-0.2, -0.15) is 0 Å². The Hall–Kier alpha value is -1.25. The molecule has 0 radical (unpaired) electrons. The fraction of sp³-hybridized carbons (Fsp3) is 0.500. The third-order valence-electron chi connectivity index (χ3n) is 2.20. The lowest BCUT2D eigenvalue weighted by Gasteiger charge is -2.16. The summed E-state index contributed by atoms with van der Waals surface area (Å²) >= 11 is 0. The minimum atomic E-state index is -0.0359. The lowest BCUT2D eigenvalue weighted by Crippen LogP contribution is -2.36. The Morgan fingerprint density at radius 1 is 1.46 bits per heavy atom. The molecule has 0 fully saturated rings. The van der Waals surface area contributed by atoms with E-state index < -0.39 is 0 Å². The lowest BCUT2D eigenvalue weighted by atomic mass is 10.1. The summed E-state index contributed by atoms with van der Waals surface area (Å²) in [6.45, 7) is 6.17. The smallest absolute Gasteiger partial charge is 0.267 e. The van der Waals surface area contributed by atoms with Gasteiger partial charge in [0.05, 0.1) is 0 Å². The third kappa shape index (κ3) is 2.61. The molecule has 0 aliphatic rings. The van der Waals surface area contributed by atoms with E-state index in [4.69, 9.17) is 0 Å². The quantitative estimate of drug-likeness (QED) is 0.731. The number of carbonyl (C=O) groups excluding carboxylic acids is 1. The molecule has 1 unspecified atom stereocenters. The summed E-state index contributed by atoms with van der Waals surface area (Å²) in [4.78, 5) is 14.3. The van der Waals surface area contributed by atoms with Gasteiger partial charge in [0, 0.05) is 12.2 Å². The van der Waals surface area contributed by atoms with Crippen molar-refractivity contribution in [1.82, 2.24) is 10.3 Å². The van der Waals surface area contributed by atoms with Crippen molar-refractivity contribution in [2.75, 3.05) is 0 Å². The van der Waals surface area contributed by atoms with Gasteiger partial charge in [0.25, 0.3) is 5.91 Å². The summed E-state index contributed by atoms with van der Waals surface area (Å²) in [7, 11) is 0. The van der Waals surface area contributed by atoms with Crippen LogP contribution in [-0.4, -0.2) is 16.9 Å². The van der Waals surface area contributed by atoms with Crippen LogP contribution in [0.4, 0.5) is 0 Å². The first-order valence-electron chi connectivity index (χ1n) is 4.55. The normalized spacial score (nSPS) is 12.9. The van der Waals surface area contributed by atoms with E-state index >= 15 is 0 Å². The molecule has 1 aromatic rings. The molecule has 0 bridgehead atoms. The predicted molar refractivity (Wildman–Crippen MR) is 52.6 cm³/mol. The average molecular weight is 180 g/mol. The second kappa shape index (κ2) is 4.12. The van der Waals surface area contributed by atoms with Gasteiger partial charge in [0.1, 0.15) is 5.69 Å². The molecule has 1 aromatic heterocycles. The van der Waals surface area contributed by atoms with Gasteiger partial charge >= 0.3 is 0 Å². The Balaban J connectivity index is 2.52. The third-order valence-corrected chi connectivity index (χ3v) is 2.20. The molecule has 0 saturated carbocycles. The van der Waals surface area contributed by atoms with Crippen molar-refractivity contribution in [2.24, 2.45) is 5.92 Å². The Morgan fingerprint density at radius 3 is 2.62 bits per heavy atom. The van der Waals surface area contributed by atoms with E-state index in [0.717, 1.165) is 0 Å². The Bertz CT molecular complexity index is 264. The number of aromatic amines is 1. The molecular formula is C10H16N2O. The predicted octanol–water partition coefficient (Wildman–Crippen LogP) is 1.79. The highest BCUT2D eigenvalue weighted by Gasteiger charge is 2.12. The molecule has 0 spiro atoms. The standard InChI is InChI=1S/C10H16N2O/c1-7(2)8(3)12-10(13)9-5-4-6-11-9/h4-8,11H,1-3H3,(H,12,13). The van der Waals surface area contributed by atoms with Crippen LogP contribution >= 0.6 is 0 Å². The maximum Gasteiger partial charge on any atom is 0.267 e. The van der Waals surface area contributed by atoms with Crippen LogP contribution in [0, 0.1) is 5.92 Å². The minimum Gasteiger partial charge on any atom is -0.357 e. The van der Waals surface area contributed by atoms with E-state index in [9.17, 15) is 4.79 Å². The van der Waals surface area contributed by atoms with Gasteiger partial charge in [-0.25, -0.2) is 0 Å². The summed E-state index contributed by atoms with van der Waals surface area (Å²) in [6, 6.07) is 3.79. The highest BCUT2D eigenvalue weighted by molar-refractivity contribution is 5.92. The van der Waals surface area contributed by atoms with Crippen molar-refractivity contribution >= 4 is 5.91 Å². The number of hydrogen-bond acceptors (Lipinski definition) is 1. The number of rotatable bonds is 3. The van der Waals surface area contributed by atoms with Gasteiger partial charge in [0.2, 0.25) is 0 Å². The number of carbonyl (C=O) groups is 1. The number of H-pyrrole nitrogens is 1. The summed E-state index contributed by atoms with van der Waals surface area (Å²) in [5.41, 5.74) is 0.618. The monoisotopic (exact) mass is 180 g/mol. The molecule has 72 valence electrons. The zero-order valence-electron chi connectivity index (χ0n) is 8.29. The van der Waals surface area contributed by atoms with Crippen LogP contribution in [0.5, 0.6) is 0 Å². The largest absolute Gasteiger partial charge is 0.357 e. The number of nitrogens with one attached hydrogen (secondary N) is 2. The first kappa shape index (κ1) is 9.84. The molecule has 0 saturated heterocycles. The van der Waals surface area contributed by atoms with Crippen molar-refractivity contribution < 1.29 is 4.79 Å². The molecule has 0 aliphatic carbocycles. The molecule has 0 aliphatic heterocycles. The van der Waals surface area contributed by atoms with Crippen LogP contribution in [0.15, 0.2) is 18.3 Å². The van der Waals surface area contributed by atoms with Gasteiger partial charge in [0.15, 0.2) is 0 Å². The maximum atomic E-state index is 11.5. The fourth-order valence-electron chi connectivity index (χ4n) is 0.923. The first-order valence-corrected chi connectivity index (χ1v) is 4.55. The van der Waals surface area contributed by atoms with Crippen LogP contribution in [0.1, 0.15) is 31.3 Å².